The lowest BCUT2D eigenvalue weighted by Crippen LogP contribution is -2.15. The van der Waals surface area contributed by atoms with Crippen LogP contribution in [0.15, 0.2) is 24.8 Å². The zero-order valence-corrected chi connectivity index (χ0v) is 10.5. The standard InChI is InChI=1S/C13H21N3O/c1-3-5-6-10-17-13-8-7-12(15-16-13)11-14-9-4-2/h3,7-8,14H,1,4-6,9-11H2,2H3. The van der Waals surface area contributed by atoms with E-state index in [9.17, 15) is 0 Å². The Hall–Kier alpha value is -1.42. The summed E-state index contributed by atoms with van der Waals surface area (Å²) in [6, 6.07) is 3.81. The molecule has 0 aliphatic rings. The van der Waals surface area contributed by atoms with Gasteiger partial charge >= 0.3 is 0 Å². The van der Waals surface area contributed by atoms with Crippen molar-refractivity contribution in [3.63, 3.8) is 0 Å². The summed E-state index contributed by atoms with van der Waals surface area (Å²) in [5.41, 5.74) is 0.942. The second-order valence-electron chi connectivity index (χ2n) is 3.82. The summed E-state index contributed by atoms with van der Waals surface area (Å²) >= 11 is 0. The third-order valence-corrected chi connectivity index (χ3v) is 2.23. The fraction of sp³-hybridized carbons (Fsp3) is 0.538. The van der Waals surface area contributed by atoms with Crippen LogP contribution in [-0.2, 0) is 6.54 Å². The maximum atomic E-state index is 5.45. The van der Waals surface area contributed by atoms with Gasteiger partial charge in [0.15, 0.2) is 0 Å². The van der Waals surface area contributed by atoms with Crippen molar-refractivity contribution in [2.75, 3.05) is 13.2 Å². The van der Waals surface area contributed by atoms with Gasteiger partial charge in [0.25, 0.3) is 0 Å². The van der Waals surface area contributed by atoms with Gasteiger partial charge in [-0.2, -0.15) is 5.10 Å². The molecule has 0 atom stereocenters. The van der Waals surface area contributed by atoms with Gasteiger partial charge in [0.1, 0.15) is 0 Å². The Morgan fingerprint density at radius 1 is 1.41 bits per heavy atom. The van der Waals surface area contributed by atoms with E-state index in [4.69, 9.17) is 4.74 Å². The van der Waals surface area contributed by atoms with Crippen molar-refractivity contribution in [3.05, 3.63) is 30.5 Å². The highest BCUT2D eigenvalue weighted by molar-refractivity contribution is 5.11. The second-order valence-corrected chi connectivity index (χ2v) is 3.82. The molecule has 4 nitrogen and oxygen atoms in total. The van der Waals surface area contributed by atoms with Gasteiger partial charge in [-0.3, -0.25) is 0 Å². The molecule has 0 aromatic carbocycles. The summed E-state index contributed by atoms with van der Waals surface area (Å²) in [6.07, 6.45) is 4.94. The van der Waals surface area contributed by atoms with Gasteiger partial charge in [0, 0.05) is 12.6 Å². The predicted octanol–water partition coefficient (Wildman–Crippen LogP) is 2.32. The van der Waals surface area contributed by atoms with E-state index in [2.05, 4.69) is 29.0 Å². The van der Waals surface area contributed by atoms with E-state index in [1.54, 1.807) is 0 Å². The molecule has 0 fully saturated rings. The first-order valence-electron chi connectivity index (χ1n) is 6.13. The Labute approximate surface area is 103 Å². The van der Waals surface area contributed by atoms with Crippen LogP contribution < -0.4 is 10.1 Å². The van der Waals surface area contributed by atoms with Gasteiger partial charge in [-0.1, -0.05) is 13.0 Å². The Kier molecular flexibility index (Phi) is 6.98. The van der Waals surface area contributed by atoms with Gasteiger partial charge in [-0.25, -0.2) is 0 Å². The minimum Gasteiger partial charge on any atom is -0.477 e. The molecule has 1 rings (SSSR count). The molecule has 0 radical (unpaired) electrons. The lowest BCUT2D eigenvalue weighted by molar-refractivity contribution is 0.296. The van der Waals surface area contributed by atoms with E-state index in [-0.39, 0.29) is 0 Å². The molecule has 0 saturated carbocycles. The first-order chi connectivity index (χ1) is 8.36. The van der Waals surface area contributed by atoms with Crippen LogP contribution in [0.2, 0.25) is 0 Å². The zero-order valence-electron chi connectivity index (χ0n) is 10.5. The van der Waals surface area contributed by atoms with Gasteiger partial charge < -0.3 is 10.1 Å². The Balaban J connectivity index is 2.26. The predicted molar refractivity (Wildman–Crippen MR) is 69.0 cm³/mol. The highest BCUT2D eigenvalue weighted by atomic mass is 16.5. The molecule has 4 heteroatoms. The summed E-state index contributed by atoms with van der Waals surface area (Å²) in [5, 5.41) is 11.4. The first-order valence-corrected chi connectivity index (χ1v) is 6.13. The van der Waals surface area contributed by atoms with Gasteiger partial charge in [0.2, 0.25) is 5.88 Å². The molecule has 1 heterocycles. The maximum absolute atomic E-state index is 5.45. The SMILES string of the molecule is C=CCCCOc1ccc(CNCCC)nn1. The van der Waals surface area contributed by atoms with Crippen LogP contribution in [0.5, 0.6) is 5.88 Å². The van der Waals surface area contributed by atoms with E-state index in [0.29, 0.717) is 12.5 Å². The largest absolute Gasteiger partial charge is 0.477 e. The summed E-state index contributed by atoms with van der Waals surface area (Å²) in [6.45, 7) is 8.22. The number of nitrogens with zero attached hydrogens (tertiary/aromatic N) is 2. The third-order valence-electron chi connectivity index (χ3n) is 2.23. The van der Waals surface area contributed by atoms with Crippen LogP contribution in [0.4, 0.5) is 0 Å². The molecule has 1 aromatic heterocycles. The quantitative estimate of drug-likeness (QED) is 0.527. The van der Waals surface area contributed by atoms with E-state index in [1.807, 2.05) is 18.2 Å². The molecule has 0 spiro atoms. The number of unbranched alkanes of at least 4 members (excludes halogenated alkanes) is 1. The van der Waals surface area contributed by atoms with Gasteiger partial charge in [0.05, 0.1) is 12.3 Å². The molecule has 0 unspecified atom stereocenters. The van der Waals surface area contributed by atoms with Crippen molar-refractivity contribution in [2.24, 2.45) is 0 Å². The average Bonchev–Trinajstić information content (AvgIpc) is 2.37. The van der Waals surface area contributed by atoms with E-state index < -0.39 is 0 Å². The molecule has 1 aromatic rings. The number of allylic oxidation sites excluding steroid dienone is 1. The van der Waals surface area contributed by atoms with Crippen molar-refractivity contribution < 1.29 is 4.74 Å². The highest BCUT2D eigenvalue weighted by Gasteiger charge is 1.98. The number of nitrogens with one attached hydrogen (secondary N) is 1. The topological polar surface area (TPSA) is 47.0 Å². The van der Waals surface area contributed by atoms with Crippen molar-refractivity contribution in [1.82, 2.24) is 15.5 Å². The van der Waals surface area contributed by atoms with Crippen LogP contribution in [0.25, 0.3) is 0 Å². The van der Waals surface area contributed by atoms with Crippen LogP contribution >= 0.6 is 0 Å². The summed E-state index contributed by atoms with van der Waals surface area (Å²) in [7, 11) is 0. The lowest BCUT2D eigenvalue weighted by atomic mass is 10.3. The van der Waals surface area contributed by atoms with E-state index >= 15 is 0 Å². The molecule has 0 aliphatic carbocycles. The van der Waals surface area contributed by atoms with E-state index in [1.165, 1.54) is 0 Å². The summed E-state index contributed by atoms with van der Waals surface area (Å²) in [5.74, 6) is 0.591. The molecule has 0 saturated heterocycles. The van der Waals surface area contributed by atoms with Gasteiger partial charge in [-0.05, 0) is 31.9 Å². The van der Waals surface area contributed by atoms with Crippen LogP contribution in [0.1, 0.15) is 31.9 Å². The fourth-order valence-electron chi connectivity index (χ4n) is 1.32. The van der Waals surface area contributed by atoms with Crippen molar-refractivity contribution >= 4 is 0 Å². The Morgan fingerprint density at radius 2 is 2.29 bits per heavy atom. The van der Waals surface area contributed by atoms with Crippen molar-refractivity contribution in [2.45, 2.75) is 32.7 Å². The minimum atomic E-state index is 0.591. The van der Waals surface area contributed by atoms with Crippen LogP contribution in [0, 0.1) is 0 Å². The molecule has 0 amide bonds. The molecule has 1 N–H and O–H groups in total. The molecule has 0 aliphatic heterocycles. The zero-order chi connectivity index (χ0) is 12.3. The smallest absolute Gasteiger partial charge is 0.233 e. The normalized spacial score (nSPS) is 10.2. The average molecular weight is 235 g/mol. The summed E-state index contributed by atoms with van der Waals surface area (Å²) in [4.78, 5) is 0. The fourth-order valence-corrected chi connectivity index (χ4v) is 1.32. The maximum Gasteiger partial charge on any atom is 0.233 e. The molecule has 17 heavy (non-hydrogen) atoms. The van der Waals surface area contributed by atoms with Crippen LogP contribution in [0.3, 0.4) is 0 Å². The lowest BCUT2D eigenvalue weighted by Gasteiger charge is -2.05. The minimum absolute atomic E-state index is 0.591. The third kappa shape index (κ3) is 6.02. The molecule has 94 valence electrons. The van der Waals surface area contributed by atoms with Crippen molar-refractivity contribution in [3.8, 4) is 5.88 Å². The highest BCUT2D eigenvalue weighted by Crippen LogP contribution is 2.05. The van der Waals surface area contributed by atoms with Crippen LogP contribution in [-0.4, -0.2) is 23.3 Å². The van der Waals surface area contributed by atoms with Crippen molar-refractivity contribution in [1.29, 1.82) is 0 Å². The Bertz CT molecular complexity index is 311. The number of hydrogen-bond acceptors (Lipinski definition) is 4. The molecule has 0 bridgehead atoms. The molecular formula is C13H21N3O. The Morgan fingerprint density at radius 3 is 2.94 bits per heavy atom. The summed E-state index contributed by atoms with van der Waals surface area (Å²) < 4.78 is 5.45. The first kappa shape index (κ1) is 13.6. The number of aromatic nitrogens is 2. The monoisotopic (exact) mass is 235 g/mol. The number of ether oxygens (including phenoxy) is 1. The van der Waals surface area contributed by atoms with Gasteiger partial charge in [-0.15, -0.1) is 11.7 Å². The van der Waals surface area contributed by atoms with E-state index in [0.717, 1.165) is 38.0 Å². The number of hydrogen-bond donors (Lipinski definition) is 1. The molecular weight excluding hydrogens is 214 g/mol. The number of rotatable bonds is 9. The second kappa shape index (κ2) is 8.70.